The van der Waals surface area contributed by atoms with Gasteiger partial charge < -0.3 is 15.5 Å². The topological polar surface area (TPSA) is 82.5 Å². The monoisotopic (exact) mass is 266 g/mol. The largest absolute Gasteiger partial charge is 0.478 e. The van der Waals surface area contributed by atoms with E-state index >= 15 is 0 Å². The number of anilines is 1. The Morgan fingerprint density at radius 3 is 2.58 bits per heavy atom. The molecule has 0 unspecified atom stereocenters. The predicted molar refractivity (Wildman–Crippen MR) is 74.6 cm³/mol. The van der Waals surface area contributed by atoms with Crippen LogP contribution in [0.2, 0.25) is 0 Å². The number of carboxylic acids is 1. The third-order valence-electron chi connectivity index (χ3n) is 3.08. The van der Waals surface area contributed by atoms with Crippen LogP contribution in [0.4, 0.5) is 5.82 Å². The first-order valence-electron chi connectivity index (χ1n) is 6.33. The maximum absolute atomic E-state index is 11.3. The van der Waals surface area contributed by atoms with Gasteiger partial charge in [-0.3, -0.25) is 0 Å². The lowest BCUT2D eigenvalue weighted by Gasteiger charge is -2.25. The molecule has 0 spiro atoms. The Morgan fingerprint density at radius 2 is 2.05 bits per heavy atom. The first-order chi connectivity index (χ1) is 8.76. The smallest absolute Gasteiger partial charge is 0.339 e. The summed E-state index contributed by atoms with van der Waals surface area (Å²) < 4.78 is 0. The van der Waals surface area contributed by atoms with Gasteiger partial charge in [-0.25, -0.2) is 9.78 Å². The first-order valence-corrected chi connectivity index (χ1v) is 6.33. The molecule has 106 valence electrons. The van der Waals surface area contributed by atoms with Crippen molar-refractivity contribution in [1.82, 2.24) is 4.98 Å². The highest BCUT2D eigenvalue weighted by atomic mass is 16.4. The number of hydrogen-bond donors (Lipinski definition) is 3. The molecule has 5 nitrogen and oxygen atoms in total. The molecule has 5 heteroatoms. The molecule has 3 N–H and O–H groups in total. The van der Waals surface area contributed by atoms with E-state index in [1.165, 1.54) is 0 Å². The van der Waals surface area contributed by atoms with E-state index in [0.29, 0.717) is 24.3 Å². The van der Waals surface area contributed by atoms with Gasteiger partial charge in [0, 0.05) is 18.8 Å². The number of rotatable bonds is 6. The fraction of sp³-hybridized carbons (Fsp3) is 0.571. The number of aryl methyl sites for hydroxylation is 2. The molecule has 1 heterocycles. The normalized spacial score (nSPS) is 11.4. The van der Waals surface area contributed by atoms with Crippen molar-refractivity contribution in [2.24, 2.45) is 5.41 Å². The van der Waals surface area contributed by atoms with Gasteiger partial charge in [-0.05, 0) is 37.3 Å². The second-order valence-electron chi connectivity index (χ2n) is 5.60. The summed E-state index contributed by atoms with van der Waals surface area (Å²) in [6.07, 6.45) is 0.646. The fourth-order valence-corrected chi connectivity index (χ4v) is 1.95. The maximum Gasteiger partial charge on any atom is 0.339 e. The minimum atomic E-state index is -0.979. The Hall–Kier alpha value is -1.62. The number of nitrogens with zero attached hydrogens (tertiary/aromatic N) is 1. The highest BCUT2D eigenvalue weighted by molar-refractivity contribution is 5.94. The third-order valence-corrected chi connectivity index (χ3v) is 3.08. The van der Waals surface area contributed by atoms with Crippen molar-refractivity contribution in [3.8, 4) is 0 Å². The van der Waals surface area contributed by atoms with Gasteiger partial charge in [-0.2, -0.15) is 0 Å². The summed E-state index contributed by atoms with van der Waals surface area (Å²) in [5.41, 5.74) is 1.57. The summed E-state index contributed by atoms with van der Waals surface area (Å²) in [6.45, 7) is 8.30. The Balaban J connectivity index is 2.97. The van der Waals surface area contributed by atoms with Gasteiger partial charge in [0.15, 0.2) is 0 Å². The molecule has 1 aromatic heterocycles. The molecule has 0 aliphatic heterocycles. The summed E-state index contributed by atoms with van der Waals surface area (Å²) in [6, 6.07) is 1.76. The molecular weight excluding hydrogens is 244 g/mol. The van der Waals surface area contributed by atoms with Crippen LogP contribution >= 0.6 is 0 Å². The number of carboxylic acid groups (broad SMARTS) is 1. The van der Waals surface area contributed by atoms with Crippen LogP contribution in [0.1, 0.15) is 41.9 Å². The van der Waals surface area contributed by atoms with Gasteiger partial charge in [0.25, 0.3) is 0 Å². The molecule has 0 radical (unpaired) electrons. The minimum absolute atomic E-state index is 0.112. The Morgan fingerprint density at radius 1 is 1.42 bits per heavy atom. The van der Waals surface area contributed by atoms with Gasteiger partial charge in [0.2, 0.25) is 0 Å². The van der Waals surface area contributed by atoms with Crippen LogP contribution in [0.3, 0.4) is 0 Å². The summed E-state index contributed by atoms with van der Waals surface area (Å²) in [5.74, 6) is -0.580. The van der Waals surface area contributed by atoms with Crippen molar-refractivity contribution in [3.05, 3.63) is 22.9 Å². The second-order valence-corrected chi connectivity index (χ2v) is 5.60. The minimum Gasteiger partial charge on any atom is -0.478 e. The van der Waals surface area contributed by atoms with E-state index in [1.54, 1.807) is 13.0 Å². The highest BCUT2D eigenvalue weighted by Gasteiger charge is 2.20. The number of aliphatic hydroxyl groups excluding tert-OH is 1. The third kappa shape index (κ3) is 4.21. The Labute approximate surface area is 113 Å². The van der Waals surface area contributed by atoms with Crippen LogP contribution in [0.25, 0.3) is 0 Å². The zero-order valence-corrected chi connectivity index (χ0v) is 11.9. The zero-order valence-electron chi connectivity index (χ0n) is 11.9. The molecule has 0 aromatic carbocycles. The molecule has 0 amide bonds. The molecule has 0 aliphatic carbocycles. The van der Waals surface area contributed by atoms with E-state index in [4.69, 9.17) is 5.11 Å². The van der Waals surface area contributed by atoms with Crippen LogP contribution in [0, 0.1) is 19.3 Å². The fourth-order valence-electron chi connectivity index (χ4n) is 1.95. The molecule has 1 aromatic rings. The lowest BCUT2D eigenvalue weighted by Crippen LogP contribution is -2.25. The van der Waals surface area contributed by atoms with Crippen molar-refractivity contribution >= 4 is 11.8 Å². The molecule has 0 aliphatic rings. The Kier molecular flexibility index (Phi) is 4.89. The van der Waals surface area contributed by atoms with Crippen molar-refractivity contribution < 1.29 is 15.0 Å². The van der Waals surface area contributed by atoms with Crippen LogP contribution < -0.4 is 5.32 Å². The summed E-state index contributed by atoms with van der Waals surface area (Å²) in [4.78, 5) is 15.5. The van der Waals surface area contributed by atoms with Gasteiger partial charge in [-0.1, -0.05) is 13.8 Å². The number of aromatic nitrogens is 1. The molecule has 19 heavy (non-hydrogen) atoms. The van der Waals surface area contributed by atoms with Gasteiger partial charge in [0.05, 0.1) is 0 Å². The highest BCUT2D eigenvalue weighted by Crippen LogP contribution is 2.23. The summed E-state index contributed by atoms with van der Waals surface area (Å²) in [7, 11) is 0. The van der Waals surface area contributed by atoms with E-state index in [0.717, 1.165) is 5.69 Å². The number of hydrogen-bond acceptors (Lipinski definition) is 4. The number of carbonyl (C=O) groups is 1. The van der Waals surface area contributed by atoms with Crippen molar-refractivity contribution in [1.29, 1.82) is 0 Å². The zero-order chi connectivity index (χ0) is 14.6. The lowest BCUT2D eigenvalue weighted by atomic mass is 9.89. The van der Waals surface area contributed by atoms with Crippen LogP contribution in [-0.4, -0.2) is 34.3 Å². The molecule has 0 bridgehead atoms. The average molecular weight is 266 g/mol. The van der Waals surface area contributed by atoms with E-state index in [9.17, 15) is 9.90 Å². The van der Waals surface area contributed by atoms with Gasteiger partial charge >= 0.3 is 5.97 Å². The van der Waals surface area contributed by atoms with E-state index < -0.39 is 5.97 Å². The molecule has 0 saturated carbocycles. The number of aliphatic hydroxyl groups is 1. The predicted octanol–water partition coefficient (Wildman–Crippen LogP) is 2.22. The van der Waals surface area contributed by atoms with Crippen LogP contribution in [0.5, 0.6) is 0 Å². The molecule has 1 rings (SSSR count). The van der Waals surface area contributed by atoms with Crippen LogP contribution in [0.15, 0.2) is 6.07 Å². The maximum atomic E-state index is 11.3. The standard InChI is InChI=1S/C14H22N2O3/c1-9-7-10(2)16-12(11(9)13(18)19)15-8-14(3,4)5-6-17/h7,17H,5-6,8H2,1-4H3,(H,15,16)(H,18,19). The summed E-state index contributed by atoms with van der Waals surface area (Å²) in [5, 5.41) is 21.3. The Bertz CT molecular complexity index is 470. The molecule has 0 saturated heterocycles. The summed E-state index contributed by atoms with van der Waals surface area (Å²) >= 11 is 0. The lowest BCUT2D eigenvalue weighted by molar-refractivity contribution is 0.0696. The van der Waals surface area contributed by atoms with Crippen molar-refractivity contribution in [2.45, 2.75) is 34.1 Å². The van der Waals surface area contributed by atoms with E-state index in [1.807, 2.05) is 20.8 Å². The van der Waals surface area contributed by atoms with Gasteiger partial charge in [0.1, 0.15) is 11.4 Å². The van der Waals surface area contributed by atoms with E-state index in [-0.39, 0.29) is 17.6 Å². The van der Waals surface area contributed by atoms with Crippen molar-refractivity contribution in [2.75, 3.05) is 18.5 Å². The average Bonchev–Trinajstić information content (AvgIpc) is 2.24. The van der Waals surface area contributed by atoms with Crippen molar-refractivity contribution in [3.63, 3.8) is 0 Å². The van der Waals surface area contributed by atoms with E-state index in [2.05, 4.69) is 10.3 Å². The number of aromatic carboxylic acids is 1. The van der Waals surface area contributed by atoms with Gasteiger partial charge in [-0.15, -0.1) is 0 Å². The SMILES string of the molecule is Cc1cc(C)c(C(=O)O)c(NCC(C)(C)CCO)n1. The number of pyridine rings is 1. The molecule has 0 fully saturated rings. The quantitative estimate of drug-likeness (QED) is 0.735. The first kappa shape index (κ1) is 15.4. The molecular formula is C14H22N2O3. The number of nitrogens with one attached hydrogen (secondary N) is 1. The van der Waals surface area contributed by atoms with Crippen LogP contribution in [-0.2, 0) is 0 Å². The second kappa shape index (κ2) is 6.02. The molecule has 0 atom stereocenters.